The lowest BCUT2D eigenvalue weighted by molar-refractivity contribution is -0.116. The SMILES string of the molecule is O=C(/C=C/c1ccc(Oc2cccnc2)c(F)c1)NCC(c1ccccc1)N1CCCC1. The van der Waals surface area contributed by atoms with Gasteiger partial charge in [-0.25, -0.2) is 4.39 Å². The number of pyridine rings is 1. The fourth-order valence-electron chi connectivity index (χ4n) is 3.85. The van der Waals surface area contributed by atoms with E-state index in [0.29, 0.717) is 17.9 Å². The van der Waals surface area contributed by atoms with Gasteiger partial charge in [-0.2, -0.15) is 0 Å². The van der Waals surface area contributed by atoms with E-state index in [1.807, 2.05) is 18.2 Å². The van der Waals surface area contributed by atoms with Crippen molar-refractivity contribution in [1.82, 2.24) is 15.2 Å². The second kappa shape index (κ2) is 10.7. The number of carbonyl (C=O) groups excluding carboxylic acids is 1. The molecule has 5 nitrogen and oxygen atoms in total. The number of ether oxygens (including phenoxy) is 1. The third kappa shape index (κ3) is 5.80. The van der Waals surface area contributed by atoms with Crippen LogP contribution in [0.25, 0.3) is 6.08 Å². The van der Waals surface area contributed by atoms with E-state index in [1.165, 1.54) is 36.7 Å². The average Bonchev–Trinajstić information content (AvgIpc) is 3.35. The molecule has 0 spiro atoms. The van der Waals surface area contributed by atoms with Crippen molar-refractivity contribution in [3.8, 4) is 11.5 Å². The summed E-state index contributed by atoms with van der Waals surface area (Å²) >= 11 is 0. The number of halogens is 1. The molecule has 0 bridgehead atoms. The van der Waals surface area contributed by atoms with E-state index in [2.05, 4.69) is 27.3 Å². The van der Waals surface area contributed by atoms with Crippen molar-refractivity contribution in [1.29, 1.82) is 0 Å². The Morgan fingerprint density at radius 3 is 2.66 bits per heavy atom. The summed E-state index contributed by atoms with van der Waals surface area (Å²) in [4.78, 5) is 18.8. The number of nitrogens with zero attached hydrogens (tertiary/aromatic N) is 2. The first-order valence-corrected chi connectivity index (χ1v) is 10.8. The number of amides is 1. The highest BCUT2D eigenvalue weighted by Crippen LogP contribution is 2.26. The molecule has 1 aliphatic heterocycles. The lowest BCUT2D eigenvalue weighted by atomic mass is 10.1. The highest BCUT2D eigenvalue weighted by molar-refractivity contribution is 5.91. The molecule has 1 aliphatic rings. The highest BCUT2D eigenvalue weighted by atomic mass is 19.1. The number of aromatic nitrogens is 1. The van der Waals surface area contributed by atoms with Crippen LogP contribution in [0.5, 0.6) is 11.5 Å². The molecule has 1 aromatic heterocycles. The van der Waals surface area contributed by atoms with Crippen LogP contribution < -0.4 is 10.1 Å². The predicted octanol–water partition coefficient (Wildman–Crippen LogP) is 4.98. The molecule has 1 unspecified atom stereocenters. The average molecular weight is 432 g/mol. The van der Waals surface area contributed by atoms with Crippen LogP contribution in [0.3, 0.4) is 0 Å². The second-order valence-corrected chi connectivity index (χ2v) is 7.73. The molecule has 1 fully saturated rings. The third-order valence-electron chi connectivity index (χ3n) is 5.48. The van der Waals surface area contributed by atoms with Crippen LogP contribution in [0.1, 0.15) is 30.0 Å². The van der Waals surface area contributed by atoms with Gasteiger partial charge in [0.05, 0.1) is 12.2 Å². The van der Waals surface area contributed by atoms with Crippen molar-refractivity contribution in [2.45, 2.75) is 18.9 Å². The van der Waals surface area contributed by atoms with Gasteiger partial charge in [0, 0.05) is 18.8 Å². The molecule has 2 aromatic carbocycles. The summed E-state index contributed by atoms with van der Waals surface area (Å²) in [5.41, 5.74) is 1.78. The Bertz CT molecular complexity index is 1050. The standard InChI is InChI=1S/C26H26FN3O2/c27-23-17-20(10-12-25(23)32-22-9-6-14-28-18-22)11-13-26(31)29-19-24(30-15-4-5-16-30)21-7-2-1-3-8-21/h1-3,6-14,17-18,24H,4-5,15-16,19H2,(H,29,31)/b13-11+. The summed E-state index contributed by atoms with van der Waals surface area (Å²) in [6.45, 7) is 2.61. The summed E-state index contributed by atoms with van der Waals surface area (Å²) in [6.07, 6.45) is 8.53. The Kier molecular flexibility index (Phi) is 7.25. The van der Waals surface area contributed by atoms with Gasteiger partial charge in [-0.3, -0.25) is 14.7 Å². The van der Waals surface area contributed by atoms with Gasteiger partial charge in [0.15, 0.2) is 11.6 Å². The van der Waals surface area contributed by atoms with Gasteiger partial charge in [-0.05, 0) is 67.4 Å². The molecule has 1 amide bonds. The van der Waals surface area contributed by atoms with Crippen molar-refractivity contribution < 1.29 is 13.9 Å². The molecule has 1 N–H and O–H groups in total. The van der Waals surface area contributed by atoms with Gasteiger partial charge in [0.25, 0.3) is 0 Å². The molecular weight excluding hydrogens is 405 g/mol. The van der Waals surface area contributed by atoms with Crippen molar-refractivity contribution in [3.63, 3.8) is 0 Å². The maximum Gasteiger partial charge on any atom is 0.244 e. The molecule has 1 atom stereocenters. The van der Waals surface area contributed by atoms with E-state index in [-0.39, 0.29) is 17.7 Å². The molecule has 4 rings (SSSR count). The van der Waals surface area contributed by atoms with E-state index < -0.39 is 5.82 Å². The number of nitrogens with one attached hydrogen (secondary N) is 1. The lowest BCUT2D eigenvalue weighted by Crippen LogP contribution is -2.36. The second-order valence-electron chi connectivity index (χ2n) is 7.73. The minimum atomic E-state index is -0.505. The van der Waals surface area contributed by atoms with E-state index in [9.17, 15) is 9.18 Å². The van der Waals surface area contributed by atoms with Crippen LogP contribution in [0.2, 0.25) is 0 Å². The lowest BCUT2D eigenvalue weighted by Gasteiger charge is -2.28. The van der Waals surface area contributed by atoms with E-state index in [4.69, 9.17) is 4.74 Å². The first-order chi connectivity index (χ1) is 15.7. The molecule has 0 saturated carbocycles. The number of likely N-dealkylation sites (tertiary alicyclic amines) is 1. The van der Waals surface area contributed by atoms with E-state index in [1.54, 1.807) is 36.5 Å². The number of hydrogen-bond acceptors (Lipinski definition) is 4. The first-order valence-electron chi connectivity index (χ1n) is 10.8. The monoisotopic (exact) mass is 431 g/mol. The number of hydrogen-bond donors (Lipinski definition) is 1. The molecular formula is C26H26FN3O2. The fraction of sp³-hybridized carbons (Fsp3) is 0.231. The summed E-state index contributed by atoms with van der Waals surface area (Å²) in [5.74, 6) is -0.147. The van der Waals surface area contributed by atoms with Gasteiger partial charge in [0.2, 0.25) is 5.91 Å². The van der Waals surface area contributed by atoms with Crippen molar-refractivity contribution >= 4 is 12.0 Å². The quantitative estimate of drug-likeness (QED) is 0.511. The van der Waals surface area contributed by atoms with Crippen LogP contribution >= 0.6 is 0 Å². The predicted molar refractivity (Wildman–Crippen MR) is 123 cm³/mol. The molecule has 32 heavy (non-hydrogen) atoms. The molecule has 0 aliphatic carbocycles. The molecule has 0 radical (unpaired) electrons. The van der Waals surface area contributed by atoms with Crippen molar-refractivity contribution in [3.05, 3.63) is 96.1 Å². The topological polar surface area (TPSA) is 54.5 Å². The van der Waals surface area contributed by atoms with Gasteiger partial charge in [-0.15, -0.1) is 0 Å². The van der Waals surface area contributed by atoms with Crippen LogP contribution in [-0.4, -0.2) is 35.4 Å². The highest BCUT2D eigenvalue weighted by Gasteiger charge is 2.23. The first kappa shape index (κ1) is 21.7. The minimum Gasteiger partial charge on any atom is -0.453 e. The number of carbonyl (C=O) groups is 1. The smallest absolute Gasteiger partial charge is 0.244 e. The summed E-state index contributed by atoms with van der Waals surface area (Å²) in [7, 11) is 0. The Labute approximate surface area is 187 Å². The zero-order valence-electron chi connectivity index (χ0n) is 17.8. The number of benzene rings is 2. The summed E-state index contributed by atoms with van der Waals surface area (Å²) in [6, 6.07) is 18.4. The van der Waals surface area contributed by atoms with Gasteiger partial charge in [0.1, 0.15) is 5.75 Å². The molecule has 6 heteroatoms. The zero-order chi connectivity index (χ0) is 22.2. The largest absolute Gasteiger partial charge is 0.453 e. The molecule has 164 valence electrons. The Morgan fingerprint density at radius 2 is 1.94 bits per heavy atom. The van der Waals surface area contributed by atoms with Crippen molar-refractivity contribution in [2.24, 2.45) is 0 Å². The maximum absolute atomic E-state index is 14.4. The van der Waals surface area contributed by atoms with Crippen LogP contribution in [-0.2, 0) is 4.79 Å². The zero-order valence-corrected chi connectivity index (χ0v) is 17.8. The van der Waals surface area contributed by atoms with Crippen LogP contribution in [0.4, 0.5) is 4.39 Å². The fourth-order valence-corrected chi connectivity index (χ4v) is 3.85. The van der Waals surface area contributed by atoms with Crippen molar-refractivity contribution in [2.75, 3.05) is 19.6 Å². The Hall–Kier alpha value is -3.51. The summed E-state index contributed by atoms with van der Waals surface area (Å²) < 4.78 is 19.9. The van der Waals surface area contributed by atoms with Gasteiger partial charge in [-0.1, -0.05) is 36.4 Å². The van der Waals surface area contributed by atoms with Crippen LogP contribution in [0.15, 0.2) is 79.1 Å². The van der Waals surface area contributed by atoms with E-state index in [0.717, 1.165) is 13.1 Å². The Balaban J connectivity index is 1.35. The minimum absolute atomic E-state index is 0.107. The summed E-state index contributed by atoms with van der Waals surface area (Å²) in [5, 5.41) is 2.99. The molecule has 2 heterocycles. The molecule has 1 saturated heterocycles. The van der Waals surface area contributed by atoms with Gasteiger partial charge < -0.3 is 10.1 Å². The number of rotatable bonds is 8. The molecule has 3 aromatic rings. The maximum atomic E-state index is 14.4. The van der Waals surface area contributed by atoms with Crippen LogP contribution in [0, 0.1) is 5.82 Å². The van der Waals surface area contributed by atoms with Gasteiger partial charge >= 0.3 is 0 Å². The Morgan fingerprint density at radius 1 is 1.12 bits per heavy atom. The van der Waals surface area contributed by atoms with E-state index >= 15 is 0 Å². The normalized spacial score (nSPS) is 15.0. The third-order valence-corrected chi connectivity index (χ3v) is 5.48.